The van der Waals surface area contributed by atoms with Crippen LogP contribution in [0, 0.1) is 0 Å². The molecule has 0 spiro atoms. The second-order valence-electron chi connectivity index (χ2n) is 8.92. The maximum Gasteiger partial charge on any atom is 1.00 e. The fourth-order valence-corrected chi connectivity index (χ4v) is 15.5. The zero-order valence-electron chi connectivity index (χ0n) is 26.0. The van der Waals surface area contributed by atoms with Gasteiger partial charge in [-0.2, -0.15) is 17.6 Å². The van der Waals surface area contributed by atoms with Crippen LogP contribution in [0.3, 0.4) is 0 Å². The van der Waals surface area contributed by atoms with Crippen LogP contribution in [0.5, 0.6) is 0 Å². The molecule has 1 unspecified atom stereocenters. The Kier molecular flexibility index (Phi) is 22.7. The van der Waals surface area contributed by atoms with E-state index in [1.165, 1.54) is 6.92 Å². The van der Waals surface area contributed by atoms with E-state index in [9.17, 15) is 84.9 Å². The van der Waals surface area contributed by atoms with Gasteiger partial charge in [0, 0.05) is 46.9 Å². The van der Waals surface area contributed by atoms with E-state index in [4.69, 9.17) is 0 Å². The molecule has 0 saturated carbocycles. The van der Waals surface area contributed by atoms with E-state index in [0.29, 0.717) is 0 Å². The minimum atomic E-state index is -5.75. The first-order valence-electron chi connectivity index (χ1n) is 11.2. The third-order valence-corrected chi connectivity index (χ3v) is 19.2. The Hall–Kier alpha value is 1.55. The molecule has 4 aliphatic heterocycles. The Bertz CT molecular complexity index is 1930. The summed E-state index contributed by atoms with van der Waals surface area (Å²) in [6, 6.07) is 0. The molecule has 0 aromatic heterocycles. The minimum absolute atomic E-state index is 0. The van der Waals surface area contributed by atoms with Crippen LogP contribution in [0.2, 0.25) is 0 Å². The maximum absolute atomic E-state index is 12.6. The van der Waals surface area contributed by atoms with E-state index in [-0.39, 0.29) is 117 Å². The summed E-state index contributed by atoms with van der Waals surface area (Å²) < 4.78 is 229. The molecule has 4 saturated heterocycles. The molecule has 49 heavy (non-hydrogen) atoms. The third-order valence-electron chi connectivity index (χ3n) is 5.02. The molecule has 0 aromatic carbocycles. The Labute approximate surface area is 330 Å². The Morgan fingerprint density at radius 2 is 0.735 bits per heavy atom. The quantitative estimate of drug-likeness (QED) is 0.161. The molecule has 4 aliphatic rings. The van der Waals surface area contributed by atoms with Crippen molar-refractivity contribution in [2.45, 2.75) is 48.4 Å². The molecule has 0 N–H and O–H groups in total. The molecule has 0 aromatic rings. The fourth-order valence-electron chi connectivity index (χ4n) is 2.65. The molecule has 36 heteroatoms. The SMILES string of the molecule is CC1CCS(=O)(=O)[N-]S1(=O)=O.O=S1(=O)CCCS(=O)(=O)[N-]1.O=S1(=O)CCS(=O)(=O)[N-]1.O=S1(=O)[N-]S(=O)(=O)C(F)(F)CCC1(F)F.[Li+].[Li+].[Li+].[Li+]. The maximum atomic E-state index is 12.6. The summed E-state index contributed by atoms with van der Waals surface area (Å²) in [5, 5.41) is -9.83. The van der Waals surface area contributed by atoms with Gasteiger partial charge in [-0.15, -0.1) is 0 Å². The molecule has 1 atom stereocenters. The van der Waals surface area contributed by atoms with Crippen molar-refractivity contribution in [3.63, 3.8) is 0 Å². The number of alkyl halides is 4. The molecule has 4 rings (SSSR count). The topological polar surface area (TPSA) is 330 Å². The molecule has 0 aliphatic carbocycles. The first kappa shape index (κ1) is 57.3. The zero-order valence-corrected chi connectivity index (χ0v) is 32.6. The summed E-state index contributed by atoms with van der Waals surface area (Å²) in [5.41, 5.74) is 0. The van der Waals surface area contributed by atoms with Gasteiger partial charge in [0.2, 0.25) is 0 Å². The molecule has 270 valence electrons. The summed E-state index contributed by atoms with van der Waals surface area (Å²) in [7, 11) is -33.5. The van der Waals surface area contributed by atoms with Crippen LogP contribution in [0.15, 0.2) is 0 Å². The zero-order chi connectivity index (χ0) is 35.8. The van der Waals surface area contributed by atoms with Crippen molar-refractivity contribution in [2.24, 2.45) is 0 Å². The van der Waals surface area contributed by atoms with E-state index in [0.717, 1.165) is 0 Å². The summed E-state index contributed by atoms with van der Waals surface area (Å²) in [6.07, 6.45) is -3.27. The number of sulfonamides is 8. The number of hydrogen-bond donors (Lipinski definition) is 0. The number of hydrogen-bond acceptors (Lipinski definition) is 16. The molecule has 0 amide bonds. The molecular weight excluding hydrogens is 828 g/mol. The average molecular weight is 851 g/mol. The van der Waals surface area contributed by atoms with Crippen LogP contribution >= 0.6 is 0 Å². The normalized spacial score (nSPS) is 29.1. The summed E-state index contributed by atoms with van der Waals surface area (Å²) in [6.45, 7) is 1.45. The molecule has 0 bridgehead atoms. The van der Waals surface area contributed by atoms with Crippen LogP contribution in [0.25, 0.3) is 16.5 Å². The van der Waals surface area contributed by atoms with Crippen molar-refractivity contribution in [2.75, 3.05) is 28.8 Å². The molecule has 20 nitrogen and oxygen atoms in total. The van der Waals surface area contributed by atoms with E-state index in [2.05, 4.69) is 12.4 Å². The molecule has 0 radical (unpaired) electrons. The molecular formula is C13H22F4Li4N4O16S8. The first-order valence-corrected chi connectivity index (χ1v) is 23.6. The molecule has 4 heterocycles. The molecule has 4 fully saturated rings. The largest absolute Gasteiger partial charge is 1.00 e. The summed E-state index contributed by atoms with van der Waals surface area (Å²) in [4.78, 5) is 0. The van der Waals surface area contributed by atoms with Gasteiger partial charge in [-0.3, -0.25) is 0 Å². The summed E-state index contributed by atoms with van der Waals surface area (Å²) >= 11 is 0. The minimum Gasteiger partial charge on any atom is -0.436 e. The van der Waals surface area contributed by atoms with E-state index < -0.39 is 109 Å². The Balaban J connectivity index is -0.000000273. The van der Waals surface area contributed by atoms with Gasteiger partial charge in [0.05, 0.1) is 60.1 Å². The standard InChI is InChI=1S/C4H4F4NO4S2.C4H8NO4S2.C3H6NO4S2.C2H4NO4S2.4Li/c5-3(6)1-2-4(7,8)15(12,13)9-14(3,10)11;1-4-2-3-10(6,7)5-11(4,8)9;5-9(6)2-1-3-10(7,8)4-9;4-8(5)1-2-9(6,7)3-8;;;;/h1-2H2;4H,2-3H2,1H3;1-3H2;1-2H2;;;;/q4*-1;4*+1. The predicted molar refractivity (Wildman–Crippen MR) is 147 cm³/mol. The fraction of sp³-hybridized carbons (Fsp3) is 1.00. The van der Waals surface area contributed by atoms with Crippen molar-refractivity contribution in [3.8, 4) is 0 Å². The van der Waals surface area contributed by atoms with E-state index in [1.54, 1.807) is 4.13 Å². The second kappa shape index (κ2) is 19.4. The van der Waals surface area contributed by atoms with Gasteiger partial charge in [0.1, 0.15) is 20.0 Å². The summed E-state index contributed by atoms with van der Waals surface area (Å²) in [5.74, 6) is -1.18. The van der Waals surface area contributed by atoms with Crippen LogP contribution in [-0.2, 0) is 80.2 Å². The Morgan fingerprint density at radius 3 is 0.959 bits per heavy atom. The number of rotatable bonds is 0. The average Bonchev–Trinajstić information content (AvgIpc) is 3.02. The van der Waals surface area contributed by atoms with Crippen LogP contribution in [-0.4, -0.2) is 112 Å². The van der Waals surface area contributed by atoms with Gasteiger partial charge < -0.3 is 16.5 Å². The van der Waals surface area contributed by atoms with Crippen LogP contribution in [0.1, 0.15) is 32.6 Å². The van der Waals surface area contributed by atoms with Gasteiger partial charge in [-0.05, 0) is 19.8 Å². The van der Waals surface area contributed by atoms with Crippen molar-refractivity contribution in [3.05, 3.63) is 16.5 Å². The number of halogens is 4. The van der Waals surface area contributed by atoms with Gasteiger partial charge in [-0.1, -0.05) is 0 Å². The second-order valence-corrected chi connectivity index (χ2v) is 24.1. The van der Waals surface area contributed by atoms with Crippen LogP contribution in [0.4, 0.5) is 17.6 Å². The first-order chi connectivity index (χ1) is 19.6. The van der Waals surface area contributed by atoms with Gasteiger partial charge in [0.15, 0.2) is 0 Å². The van der Waals surface area contributed by atoms with E-state index >= 15 is 0 Å². The van der Waals surface area contributed by atoms with Gasteiger partial charge in [-0.25, -0.2) is 67.3 Å². The monoisotopic (exact) mass is 850 g/mol. The van der Waals surface area contributed by atoms with Crippen molar-refractivity contribution < 1.29 is 160 Å². The Morgan fingerprint density at radius 1 is 0.449 bits per heavy atom. The van der Waals surface area contributed by atoms with Gasteiger partial charge in [0.25, 0.3) is 0 Å². The smallest absolute Gasteiger partial charge is 0.436 e. The number of nitrogens with zero attached hydrogens (tertiary/aromatic N) is 4. The van der Waals surface area contributed by atoms with Crippen molar-refractivity contribution >= 4 is 80.2 Å². The van der Waals surface area contributed by atoms with Crippen molar-refractivity contribution in [1.29, 1.82) is 0 Å². The van der Waals surface area contributed by atoms with E-state index in [1.807, 2.05) is 0 Å². The van der Waals surface area contributed by atoms with Gasteiger partial charge >= 0.3 is 86.0 Å². The van der Waals surface area contributed by atoms with Crippen LogP contribution < -0.4 is 75.4 Å². The third kappa shape index (κ3) is 18.6. The predicted octanol–water partition coefficient (Wildman–Crippen LogP) is -12.7. The van der Waals surface area contributed by atoms with Crippen molar-refractivity contribution in [1.82, 2.24) is 0 Å².